The number of hydrogen-bond acceptors (Lipinski definition) is 13. The second-order valence-corrected chi connectivity index (χ2v) is 30.1. The van der Waals surface area contributed by atoms with Crippen LogP contribution in [-0.4, -0.2) is 258 Å². The first kappa shape index (κ1) is 83.9. The van der Waals surface area contributed by atoms with E-state index in [0.717, 1.165) is 48.3 Å². The summed E-state index contributed by atoms with van der Waals surface area (Å²) in [5, 5.41) is 14.3. The Hall–Kier alpha value is -6.54. The van der Waals surface area contributed by atoms with Crippen LogP contribution in [0.2, 0.25) is 0 Å². The predicted octanol–water partition coefficient (Wildman–Crippen LogP) is 4.93. The van der Waals surface area contributed by atoms with E-state index in [0.29, 0.717) is 38.8 Å². The summed E-state index contributed by atoms with van der Waals surface area (Å²) in [5.41, 5.74) is 0. The van der Waals surface area contributed by atoms with Gasteiger partial charge in [-0.05, 0) is 114 Å². The minimum atomic E-state index is -2.92. The molecule has 0 spiro atoms. The van der Waals surface area contributed by atoms with Crippen molar-refractivity contribution < 1.29 is 66.3 Å². The lowest BCUT2D eigenvalue weighted by Crippen LogP contribution is -2.61. The molecule has 0 unspecified atom stereocenters. The molecule has 3 heterocycles. The zero-order chi connectivity index (χ0) is 73.6. The molecular formula is C71H123F2N13O12. The number of amides is 12. The minimum absolute atomic E-state index is 0.0235. The number of likely N-dealkylation sites (tertiary alicyclic amines) is 1. The molecule has 27 heteroatoms. The van der Waals surface area contributed by atoms with Crippen molar-refractivity contribution in [3.8, 4) is 0 Å². The molecule has 4 rings (SSSR count). The molecule has 3 aliphatic heterocycles. The number of nitrogens with one attached hydrogen (secondary N) is 5. The second-order valence-electron chi connectivity index (χ2n) is 30.1. The maximum Gasteiger partial charge on any atom is 0.261 e. The summed E-state index contributed by atoms with van der Waals surface area (Å²) in [5.74, 6) is -11.8. The average molecular weight is 1390 g/mol. The van der Waals surface area contributed by atoms with Crippen LogP contribution in [0.3, 0.4) is 0 Å². The van der Waals surface area contributed by atoms with E-state index in [1.165, 1.54) is 73.7 Å². The number of piperidine rings is 1. The number of rotatable bonds is 18. The highest BCUT2D eigenvalue weighted by molar-refractivity contribution is 5.99. The van der Waals surface area contributed by atoms with Gasteiger partial charge in [0.1, 0.15) is 54.4 Å². The number of nitrogens with zero attached hydrogens (tertiary/aromatic N) is 8. The van der Waals surface area contributed by atoms with E-state index in [2.05, 4.69) is 26.6 Å². The lowest BCUT2D eigenvalue weighted by molar-refractivity contribution is -0.151. The molecule has 25 nitrogen and oxygen atoms in total. The number of halogens is 2. The SMILES string of the molecule is CCCCN1CC(=O)N(C)[C@@H](CC2CCCCC2)C(=O)N(C)[C@@H](CC(C)C)C(=O)N[C@@H](CC(C)C)C(=O)N(C)[C@@H](CC(C)C)C(=O)N[C@H](C(=O)N2CCCCC2)CC(=O)N(C)CC(=O)N(C)[C@@H](C)C(=O)N[C@@H](C(C)C)C(=O)N(C)[C@@H](CC)C(=O)N[C@@H](CCC[C@@H]2CC(F)(F)CN2)C1=O. The maximum absolute atomic E-state index is 15.5. The molecule has 4 aliphatic rings. The number of carbonyl (C=O) groups is 12. The molecule has 98 heavy (non-hydrogen) atoms. The van der Waals surface area contributed by atoms with Crippen LogP contribution >= 0.6 is 0 Å². The van der Waals surface area contributed by atoms with Gasteiger partial charge in [-0.1, -0.05) is 108 Å². The van der Waals surface area contributed by atoms with Crippen molar-refractivity contribution in [3.63, 3.8) is 0 Å². The monoisotopic (exact) mass is 1390 g/mol. The Balaban J connectivity index is 1.91. The first-order valence-electron chi connectivity index (χ1n) is 36.4. The van der Waals surface area contributed by atoms with Crippen molar-refractivity contribution >= 4 is 70.9 Å². The van der Waals surface area contributed by atoms with Crippen LogP contribution in [-0.2, 0) is 57.5 Å². The van der Waals surface area contributed by atoms with Crippen LogP contribution in [0.5, 0.6) is 0 Å². The Kier molecular flexibility index (Phi) is 33.8. The van der Waals surface area contributed by atoms with Crippen molar-refractivity contribution in [1.82, 2.24) is 65.8 Å². The van der Waals surface area contributed by atoms with Gasteiger partial charge in [0, 0.05) is 74.4 Å². The van der Waals surface area contributed by atoms with Crippen molar-refractivity contribution in [2.75, 3.05) is 81.6 Å². The van der Waals surface area contributed by atoms with Gasteiger partial charge >= 0.3 is 0 Å². The molecule has 12 amide bonds. The van der Waals surface area contributed by atoms with Gasteiger partial charge in [-0.25, -0.2) is 8.78 Å². The molecular weight excluding hydrogens is 1260 g/mol. The van der Waals surface area contributed by atoms with Crippen molar-refractivity contribution in [1.29, 1.82) is 0 Å². The van der Waals surface area contributed by atoms with Crippen molar-refractivity contribution in [3.05, 3.63) is 0 Å². The third kappa shape index (κ3) is 24.7. The Morgan fingerprint density at radius 2 is 1.07 bits per heavy atom. The van der Waals surface area contributed by atoms with Gasteiger partial charge < -0.3 is 65.8 Å². The Morgan fingerprint density at radius 3 is 1.61 bits per heavy atom. The highest BCUT2D eigenvalue weighted by Crippen LogP contribution is 2.31. The van der Waals surface area contributed by atoms with Gasteiger partial charge in [0.2, 0.25) is 70.9 Å². The van der Waals surface area contributed by atoms with Crippen LogP contribution in [0.4, 0.5) is 8.78 Å². The van der Waals surface area contributed by atoms with Crippen LogP contribution in [0.1, 0.15) is 205 Å². The van der Waals surface area contributed by atoms with Gasteiger partial charge in [-0.2, -0.15) is 0 Å². The standard InChI is InChI=1S/C71H123F2N13O12/c1-18-20-32-86-42-60(89)81(14)57(38-49-28-23-21-24-29-49)69(97)84(17)56(37-46(7)8)65(93)76-52(35-44(3)4)66(94)83(16)55(36-45(5)6)64(92)77-53(68(96)85-33-25-22-26-34-85)39-58(87)79(12)41-59(88)80(13)48(11)62(90)78-61(47(9)10)70(98)82(15)54(19-2)63(91)75-51(67(86)95)31-27-30-50-40-71(72,73)43-74-50/h44-57,61,74H,18-43H2,1-17H3,(H,75,91)(H,76,93)(H,77,92)(H,78,90)/t48-,50+,51-,52-,53-,54-,55-,56-,57-,61-/m0/s1. The fraction of sp³-hybridized carbons (Fsp3) is 0.831. The van der Waals surface area contributed by atoms with Crippen molar-refractivity contribution in [2.24, 2.45) is 29.6 Å². The smallest absolute Gasteiger partial charge is 0.261 e. The number of alkyl halides is 2. The van der Waals surface area contributed by atoms with E-state index < -0.39 is 176 Å². The third-order valence-corrected chi connectivity index (χ3v) is 20.2. The van der Waals surface area contributed by atoms with Crippen molar-refractivity contribution in [2.45, 2.75) is 271 Å². The lowest BCUT2D eigenvalue weighted by atomic mass is 9.84. The molecule has 1 aliphatic carbocycles. The molecule has 5 N–H and O–H groups in total. The second kappa shape index (κ2) is 39.5. The van der Waals surface area contributed by atoms with Gasteiger partial charge in [0.05, 0.1) is 26.1 Å². The summed E-state index contributed by atoms with van der Waals surface area (Å²) in [6.07, 6.45) is 7.76. The van der Waals surface area contributed by atoms with E-state index in [-0.39, 0.29) is 81.6 Å². The zero-order valence-corrected chi connectivity index (χ0v) is 62.3. The first-order valence-corrected chi connectivity index (χ1v) is 36.4. The molecule has 3 saturated heterocycles. The van der Waals surface area contributed by atoms with E-state index in [1.54, 1.807) is 25.7 Å². The van der Waals surface area contributed by atoms with Gasteiger partial charge in [-0.3, -0.25) is 57.5 Å². The summed E-state index contributed by atoms with van der Waals surface area (Å²) in [6, 6.07) is -11.8. The molecule has 0 radical (unpaired) electrons. The van der Waals surface area contributed by atoms with Crippen LogP contribution < -0.4 is 26.6 Å². The van der Waals surface area contributed by atoms with Crippen LogP contribution in [0, 0.1) is 29.6 Å². The molecule has 0 aromatic carbocycles. The fourth-order valence-electron chi connectivity index (χ4n) is 13.8. The first-order chi connectivity index (χ1) is 45.9. The number of unbranched alkanes of at least 4 members (excludes halogenated alkanes) is 1. The minimum Gasteiger partial charge on any atom is -0.343 e. The van der Waals surface area contributed by atoms with Crippen LogP contribution in [0.15, 0.2) is 0 Å². The molecule has 1 saturated carbocycles. The molecule has 0 aromatic rings. The van der Waals surface area contributed by atoms with Crippen LogP contribution in [0.25, 0.3) is 0 Å². The number of likely N-dealkylation sites (N-methyl/N-ethyl adjacent to an activating group) is 6. The normalized spacial score (nSPS) is 27.6. The van der Waals surface area contributed by atoms with E-state index >= 15 is 24.0 Å². The van der Waals surface area contributed by atoms with Gasteiger partial charge in [0.25, 0.3) is 5.92 Å². The summed E-state index contributed by atoms with van der Waals surface area (Å²) >= 11 is 0. The highest BCUT2D eigenvalue weighted by Gasteiger charge is 2.44. The Morgan fingerprint density at radius 1 is 0.541 bits per heavy atom. The molecule has 4 fully saturated rings. The Bertz CT molecular complexity index is 2710. The van der Waals surface area contributed by atoms with Gasteiger partial charge in [-0.15, -0.1) is 0 Å². The Labute approximate surface area is 582 Å². The molecule has 558 valence electrons. The summed E-state index contributed by atoms with van der Waals surface area (Å²) in [6.45, 7) is 18.9. The molecule has 0 bridgehead atoms. The van der Waals surface area contributed by atoms with E-state index in [9.17, 15) is 42.3 Å². The topological polar surface area (TPSA) is 291 Å². The predicted molar refractivity (Wildman–Crippen MR) is 370 cm³/mol. The maximum atomic E-state index is 15.5. The fourth-order valence-corrected chi connectivity index (χ4v) is 13.8. The zero-order valence-electron chi connectivity index (χ0n) is 62.3. The molecule has 0 aromatic heterocycles. The summed E-state index contributed by atoms with van der Waals surface area (Å²) in [4.78, 5) is 188. The summed E-state index contributed by atoms with van der Waals surface area (Å²) in [7, 11) is 8.56. The van der Waals surface area contributed by atoms with E-state index in [4.69, 9.17) is 0 Å². The highest BCUT2D eigenvalue weighted by atomic mass is 19.3. The largest absolute Gasteiger partial charge is 0.343 e. The van der Waals surface area contributed by atoms with Gasteiger partial charge in [0.15, 0.2) is 0 Å². The average Bonchev–Trinajstić information content (AvgIpc) is 1.03. The third-order valence-electron chi connectivity index (χ3n) is 20.2. The summed E-state index contributed by atoms with van der Waals surface area (Å²) < 4.78 is 28.9. The lowest BCUT2D eigenvalue weighted by Gasteiger charge is -2.38. The number of carbonyl (C=O) groups excluding carboxylic acids is 12. The quantitative estimate of drug-likeness (QED) is 0.122. The van der Waals surface area contributed by atoms with E-state index in [1.807, 2.05) is 48.5 Å². The number of hydrogen-bond donors (Lipinski definition) is 5. The molecule has 10 atom stereocenters.